The van der Waals surface area contributed by atoms with Gasteiger partial charge in [0, 0.05) is 12.6 Å². The third-order valence-electron chi connectivity index (χ3n) is 4.17. The average Bonchev–Trinajstić information content (AvgIpc) is 3.03. The Balaban J connectivity index is 1.60. The van der Waals surface area contributed by atoms with Gasteiger partial charge in [-0.1, -0.05) is 11.3 Å². The second-order valence-corrected chi connectivity index (χ2v) is 6.82. The van der Waals surface area contributed by atoms with E-state index in [9.17, 15) is 4.79 Å². The predicted molar refractivity (Wildman–Crippen MR) is 83.7 cm³/mol. The molecule has 1 aromatic rings. The number of anilines is 2. The Kier molecular flexibility index (Phi) is 4.30. The second-order valence-electron chi connectivity index (χ2n) is 5.82. The molecule has 2 fully saturated rings. The zero-order valence-corrected chi connectivity index (χ0v) is 13.0. The summed E-state index contributed by atoms with van der Waals surface area (Å²) in [4.78, 5) is 17.1. The quantitative estimate of drug-likeness (QED) is 0.774. The van der Waals surface area contributed by atoms with E-state index in [0.29, 0.717) is 16.7 Å². The van der Waals surface area contributed by atoms with Crippen LogP contribution in [0.25, 0.3) is 0 Å². The summed E-state index contributed by atoms with van der Waals surface area (Å²) in [5, 5.41) is 7.04. The summed E-state index contributed by atoms with van der Waals surface area (Å²) < 4.78 is 5.59. The smallest absolute Gasteiger partial charge is 0.265 e. The van der Waals surface area contributed by atoms with Crippen LogP contribution >= 0.6 is 11.3 Å². The van der Waals surface area contributed by atoms with Crippen LogP contribution in [-0.4, -0.2) is 35.7 Å². The van der Waals surface area contributed by atoms with Crippen LogP contribution in [0.15, 0.2) is 0 Å². The van der Waals surface area contributed by atoms with Crippen molar-refractivity contribution in [2.45, 2.75) is 57.2 Å². The van der Waals surface area contributed by atoms with Gasteiger partial charge < -0.3 is 21.1 Å². The number of carbonyl (C=O) groups excluding carboxylic acids is 1. The molecular formula is C14H22N4O2S. The highest BCUT2D eigenvalue weighted by atomic mass is 32.1. The minimum Gasteiger partial charge on any atom is -0.382 e. The van der Waals surface area contributed by atoms with Crippen molar-refractivity contribution in [2.75, 3.05) is 17.7 Å². The SMILES string of the molecule is CC(NC(=O)c1sc(NC2CCC2)nc1N)C1CCCO1. The summed E-state index contributed by atoms with van der Waals surface area (Å²) in [5.41, 5.74) is 5.87. The number of nitrogens with one attached hydrogen (secondary N) is 2. The highest BCUT2D eigenvalue weighted by Gasteiger charge is 2.26. The fourth-order valence-electron chi connectivity index (χ4n) is 2.65. The second kappa shape index (κ2) is 6.19. The van der Waals surface area contributed by atoms with Crippen LogP contribution in [0.1, 0.15) is 48.7 Å². The van der Waals surface area contributed by atoms with Gasteiger partial charge in [-0.3, -0.25) is 4.79 Å². The molecule has 0 radical (unpaired) electrons. The third kappa shape index (κ3) is 3.29. The molecule has 116 valence electrons. The maximum absolute atomic E-state index is 12.3. The van der Waals surface area contributed by atoms with Crippen molar-refractivity contribution in [3.8, 4) is 0 Å². The minimum atomic E-state index is -0.158. The fraction of sp³-hybridized carbons (Fsp3) is 0.714. The Morgan fingerprint density at radius 1 is 1.43 bits per heavy atom. The van der Waals surface area contributed by atoms with E-state index in [1.54, 1.807) is 0 Å². The summed E-state index contributed by atoms with van der Waals surface area (Å²) in [6.45, 7) is 2.75. The Morgan fingerprint density at radius 3 is 2.86 bits per heavy atom. The number of ether oxygens (including phenoxy) is 1. The molecule has 1 aromatic heterocycles. The molecule has 1 amide bonds. The molecule has 2 unspecified atom stereocenters. The maximum atomic E-state index is 12.3. The zero-order valence-electron chi connectivity index (χ0n) is 12.2. The van der Waals surface area contributed by atoms with E-state index in [-0.39, 0.29) is 18.1 Å². The van der Waals surface area contributed by atoms with Crippen LogP contribution in [0.5, 0.6) is 0 Å². The van der Waals surface area contributed by atoms with Gasteiger partial charge in [0.25, 0.3) is 5.91 Å². The predicted octanol–water partition coefficient (Wildman–Crippen LogP) is 1.99. The Morgan fingerprint density at radius 2 is 2.24 bits per heavy atom. The van der Waals surface area contributed by atoms with E-state index >= 15 is 0 Å². The lowest BCUT2D eigenvalue weighted by Crippen LogP contribution is -2.40. The number of hydrogen-bond acceptors (Lipinski definition) is 6. The van der Waals surface area contributed by atoms with Gasteiger partial charge in [0.15, 0.2) is 5.13 Å². The number of nitrogens with zero attached hydrogens (tertiary/aromatic N) is 1. The lowest BCUT2D eigenvalue weighted by Gasteiger charge is -2.25. The summed E-state index contributed by atoms with van der Waals surface area (Å²) >= 11 is 1.33. The van der Waals surface area contributed by atoms with Gasteiger partial charge in [-0.15, -0.1) is 0 Å². The topological polar surface area (TPSA) is 89.3 Å². The van der Waals surface area contributed by atoms with Crippen molar-refractivity contribution in [1.29, 1.82) is 0 Å². The highest BCUT2D eigenvalue weighted by Crippen LogP contribution is 2.29. The van der Waals surface area contributed by atoms with E-state index in [1.807, 2.05) is 6.92 Å². The van der Waals surface area contributed by atoms with Gasteiger partial charge in [-0.2, -0.15) is 0 Å². The molecule has 1 saturated heterocycles. The van der Waals surface area contributed by atoms with Gasteiger partial charge in [0.05, 0.1) is 12.1 Å². The number of nitrogens with two attached hydrogens (primary N) is 1. The van der Waals surface area contributed by atoms with Crippen LogP contribution in [-0.2, 0) is 4.74 Å². The van der Waals surface area contributed by atoms with Crippen molar-refractivity contribution in [3.05, 3.63) is 4.88 Å². The average molecular weight is 310 g/mol. The molecule has 4 N–H and O–H groups in total. The zero-order chi connectivity index (χ0) is 14.8. The van der Waals surface area contributed by atoms with E-state index in [0.717, 1.165) is 37.4 Å². The van der Waals surface area contributed by atoms with Crippen LogP contribution in [0.3, 0.4) is 0 Å². The summed E-state index contributed by atoms with van der Waals surface area (Å²) in [6.07, 6.45) is 5.74. The molecule has 0 aromatic carbocycles. The molecule has 1 aliphatic carbocycles. The van der Waals surface area contributed by atoms with Gasteiger partial charge in [-0.25, -0.2) is 4.98 Å². The molecule has 2 heterocycles. The lowest BCUT2D eigenvalue weighted by atomic mass is 9.93. The molecule has 3 rings (SSSR count). The molecule has 7 heteroatoms. The van der Waals surface area contributed by atoms with E-state index in [2.05, 4.69) is 15.6 Å². The first-order chi connectivity index (χ1) is 10.1. The lowest BCUT2D eigenvalue weighted by molar-refractivity contribution is 0.0715. The summed E-state index contributed by atoms with van der Waals surface area (Å²) in [5.74, 6) is 0.147. The van der Waals surface area contributed by atoms with E-state index < -0.39 is 0 Å². The number of amides is 1. The molecule has 1 saturated carbocycles. The van der Waals surface area contributed by atoms with Crippen LogP contribution in [0.2, 0.25) is 0 Å². The van der Waals surface area contributed by atoms with Crippen molar-refractivity contribution in [2.24, 2.45) is 0 Å². The van der Waals surface area contributed by atoms with Crippen LogP contribution in [0.4, 0.5) is 10.9 Å². The first-order valence-electron chi connectivity index (χ1n) is 7.59. The standard InChI is InChI=1S/C14H22N4O2S/c1-8(10-6-3-7-20-10)16-13(19)11-12(15)18-14(21-11)17-9-4-2-5-9/h8-10H,2-7,15H2,1H3,(H,16,19)(H,17,18). The molecular weight excluding hydrogens is 288 g/mol. The van der Waals surface area contributed by atoms with Crippen LogP contribution < -0.4 is 16.4 Å². The highest BCUT2D eigenvalue weighted by molar-refractivity contribution is 7.18. The Labute approximate surface area is 128 Å². The van der Waals surface area contributed by atoms with Crippen molar-refractivity contribution >= 4 is 28.2 Å². The third-order valence-corrected chi connectivity index (χ3v) is 5.17. The first kappa shape index (κ1) is 14.6. The Hall–Kier alpha value is -1.34. The fourth-order valence-corrected chi connectivity index (χ4v) is 3.51. The molecule has 1 aliphatic heterocycles. The molecule has 2 aliphatic rings. The molecule has 0 bridgehead atoms. The van der Waals surface area contributed by atoms with Crippen molar-refractivity contribution < 1.29 is 9.53 Å². The van der Waals surface area contributed by atoms with E-state index in [1.165, 1.54) is 17.8 Å². The number of hydrogen-bond donors (Lipinski definition) is 3. The summed E-state index contributed by atoms with van der Waals surface area (Å²) in [7, 11) is 0. The number of aromatic nitrogens is 1. The number of nitrogen functional groups attached to an aromatic ring is 1. The molecule has 21 heavy (non-hydrogen) atoms. The Bertz CT molecular complexity index is 509. The number of rotatable bonds is 5. The van der Waals surface area contributed by atoms with Crippen molar-refractivity contribution in [1.82, 2.24) is 10.3 Å². The first-order valence-corrected chi connectivity index (χ1v) is 8.40. The molecule has 6 nitrogen and oxygen atoms in total. The monoisotopic (exact) mass is 310 g/mol. The van der Waals surface area contributed by atoms with Gasteiger partial charge in [-0.05, 0) is 39.0 Å². The number of carbonyl (C=O) groups is 1. The minimum absolute atomic E-state index is 0.00968. The largest absolute Gasteiger partial charge is 0.382 e. The van der Waals surface area contributed by atoms with Gasteiger partial charge in [0.2, 0.25) is 0 Å². The van der Waals surface area contributed by atoms with Crippen LogP contribution in [0, 0.1) is 0 Å². The summed E-state index contributed by atoms with van der Waals surface area (Å²) in [6, 6.07) is 0.474. The van der Waals surface area contributed by atoms with Crippen molar-refractivity contribution in [3.63, 3.8) is 0 Å². The van der Waals surface area contributed by atoms with Gasteiger partial charge in [0.1, 0.15) is 10.7 Å². The maximum Gasteiger partial charge on any atom is 0.265 e. The van der Waals surface area contributed by atoms with E-state index in [4.69, 9.17) is 10.5 Å². The normalized spacial score (nSPS) is 23.6. The molecule has 0 spiro atoms. The molecule has 2 atom stereocenters. The number of thiazole rings is 1. The van der Waals surface area contributed by atoms with Gasteiger partial charge >= 0.3 is 0 Å².